The van der Waals surface area contributed by atoms with E-state index in [-0.39, 0.29) is 12.5 Å². The van der Waals surface area contributed by atoms with Crippen LogP contribution in [-0.4, -0.2) is 40.8 Å². The van der Waals surface area contributed by atoms with Crippen molar-refractivity contribution in [1.29, 1.82) is 0 Å². The van der Waals surface area contributed by atoms with Gasteiger partial charge in [0.05, 0.1) is 0 Å². The maximum atomic E-state index is 12.6. The van der Waals surface area contributed by atoms with Crippen molar-refractivity contribution >= 4 is 12.1 Å². The van der Waals surface area contributed by atoms with Gasteiger partial charge in [-0.2, -0.15) is 0 Å². The Labute approximate surface area is 151 Å². The highest BCUT2D eigenvalue weighted by Crippen LogP contribution is 2.51. The Morgan fingerprint density at radius 1 is 1.04 bits per heavy atom. The van der Waals surface area contributed by atoms with Crippen LogP contribution < -0.4 is 0 Å². The number of nitrogens with zero attached hydrogens (tertiary/aromatic N) is 1. The zero-order valence-electron chi connectivity index (χ0n) is 14.2. The molecule has 0 atom stereocenters. The third-order valence-corrected chi connectivity index (χ3v) is 6.16. The lowest BCUT2D eigenvalue weighted by molar-refractivity contribution is -0.151. The maximum Gasteiger partial charge on any atom is 0.410 e. The van der Waals surface area contributed by atoms with E-state index in [1.54, 1.807) is 0 Å². The molecule has 26 heavy (non-hydrogen) atoms. The van der Waals surface area contributed by atoms with E-state index in [0.717, 1.165) is 11.1 Å². The van der Waals surface area contributed by atoms with E-state index in [1.807, 2.05) is 24.3 Å². The first kappa shape index (κ1) is 15.4. The number of rotatable bonds is 3. The van der Waals surface area contributed by atoms with Crippen LogP contribution in [-0.2, 0) is 9.53 Å². The quantitative estimate of drug-likeness (QED) is 0.921. The molecule has 4 aliphatic rings. The first-order valence-electron chi connectivity index (χ1n) is 8.96. The van der Waals surface area contributed by atoms with Gasteiger partial charge in [0.1, 0.15) is 12.1 Å². The molecule has 2 heterocycles. The smallest absolute Gasteiger partial charge is 0.410 e. The van der Waals surface area contributed by atoms with Crippen LogP contribution in [0.2, 0.25) is 0 Å². The topological polar surface area (TPSA) is 66.8 Å². The summed E-state index contributed by atoms with van der Waals surface area (Å²) in [7, 11) is 0. The second-order valence-corrected chi connectivity index (χ2v) is 7.53. The van der Waals surface area contributed by atoms with Gasteiger partial charge in [-0.1, -0.05) is 48.5 Å². The molecule has 5 nitrogen and oxygen atoms in total. The van der Waals surface area contributed by atoms with Crippen LogP contribution in [0.1, 0.15) is 29.9 Å². The van der Waals surface area contributed by atoms with Crippen LogP contribution in [0.4, 0.5) is 4.79 Å². The van der Waals surface area contributed by atoms with Crippen LogP contribution in [0.15, 0.2) is 48.5 Å². The van der Waals surface area contributed by atoms with E-state index < -0.39 is 17.6 Å². The second kappa shape index (κ2) is 5.34. The predicted molar refractivity (Wildman–Crippen MR) is 94.9 cm³/mol. The Hall–Kier alpha value is -2.82. The highest BCUT2D eigenvalue weighted by Gasteiger charge is 2.63. The molecule has 1 amide bonds. The standard InChI is InChI=1S/C21H19NO4/c23-19(24)21-9-13(10-21)11-22(21)20(25)26-12-18-16-7-3-1-5-14(16)15-6-2-4-8-17(15)18/h1-8,13,18H,9-12H2,(H,23,24). The molecular formula is C21H19NO4. The summed E-state index contributed by atoms with van der Waals surface area (Å²) < 4.78 is 5.62. The SMILES string of the molecule is O=C(OCC1c2ccccc2-c2ccccc21)N1CC2CC1(C(=O)O)C2. The number of hydrogen-bond acceptors (Lipinski definition) is 3. The first-order chi connectivity index (χ1) is 12.6. The van der Waals surface area contributed by atoms with Crippen LogP contribution in [0.3, 0.4) is 0 Å². The Bertz CT molecular complexity index is 870. The summed E-state index contributed by atoms with van der Waals surface area (Å²) in [6, 6.07) is 16.3. The number of carbonyl (C=O) groups excluding carboxylic acids is 1. The molecule has 2 saturated heterocycles. The monoisotopic (exact) mass is 349 g/mol. The van der Waals surface area contributed by atoms with E-state index in [9.17, 15) is 14.7 Å². The molecule has 132 valence electrons. The summed E-state index contributed by atoms with van der Waals surface area (Å²) in [6.07, 6.45) is 0.591. The van der Waals surface area contributed by atoms with E-state index in [0.29, 0.717) is 25.3 Å². The Morgan fingerprint density at radius 3 is 2.19 bits per heavy atom. The lowest BCUT2D eigenvalue weighted by Crippen LogP contribution is -2.54. The molecule has 2 aromatic carbocycles. The summed E-state index contributed by atoms with van der Waals surface area (Å²) >= 11 is 0. The van der Waals surface area contributed by atoms with Crippen molar-refractivity contribution in [3.05, 3.63) is 59.7 Å². The first-order valence-corrected chi connectivity index (χ1v) is 8.96. The number of ether oxygens (including phenoxy) is 1. The molecule has 2 aliphatic heterocycles. The molecule has 3 fully saturated rings. The number of amides is 1. The maximum absolute atomic E-state index is 12.6. The van der Waals surface area contributed by atoms with Crippen molar-refractivity contribution in [2.75, 3.05) is 13.2 Å². The fraction of sp³-hybridized carbons (Fsp3) is 0.333. The molecular weight excluding hydrogens is 330 g/mol. The minimum atomic E-state index is -1.03. The summed E-state index contributed by atoms with van der Waals surface area (Å²) in [6.45, 7) is 0.715. The van der Waals surface area contributed by atoms with Gasteiger partial charge in [-0.05, 0) is 41.0 Å². The summed E-state index contributed by atoms with van der Waals surface area (Å²) in [4.78, 5) is 25.7. The van der Waals surface area contributed by atoms with Crippen molar-refractivity contribution in [3.8, 4) is 11.1 Å². The average molecular weight is 349 g/mol. The summed E-state index contributed by atoms with van der Waals surface area (Å²) in [5.74, 6) is -0.629. The number of hydrogen-bond donors (Lipinski definition) is 1. The number of carboxylic acids is 1. The average Bonchev–Trinajstić information content (AvgIpc) is 3.28. The molecule has 0 aromatic heterocycles. The van der Waals surface area contributed by atoms with Gasteiger partial charge in [-0.15, -0.1) is 0 Å². The summed E-state index contributed by atoms with van der Waals surface area (Å²) in [5, 5.41) is 9.52. The molecule has 0 spiro atoms. The summed E-state index contributed by atoms with van der Waals surface area (Å²) in [5.41, 5.74) is 3.62. The van der Waals surface area contributed by atoms with Gasteiger partial charge >= 0.3 is 12.1 Å². The van der Waals surface area contributed by atoms with Gasteiger partial charge in [0.25, 0.3) is 0 Å². The van der Waals surface area contributed by atoms with Crippen LogP contribution in [0.25, 0.3) is 11.1 Å². The van der Waals surface area contributed by atoms with Gasteiger partial charge in [-0.3, -0.25) is 4.90 Å². The van der Waals surface area contributed by atoms with Crippen molar-refractivity contribution in [2.24, 2.45) is 5.92 Å². The van der Waals surface area contributed by atoms with E-state index in [1.165, 1.54) is 16.0 Å². The van der Waals surface area contributed by atoms with Crippen LogP contribution in [0, 0.1) is 5.92 Å². The van der Waals surface area contributed by atoms with Crippen molar-refractivity contribution in [1.82, 2.24) is 4.90 Å². The lowest BCUT2D eigenvalue weighted by Gasteiger charge is -2.37. The largest absolute Gasteiger partial charge is 0.479 e. The van der Waals surface area contributed by atoms with Gasteiger partial charge in [0, 0.05) is 12.5 Å². The zero-order valence-corrected chi connectivity index (χ0v) is 14.2. The third-order valence-electron chi connectivity index (χ3n) is 6.16. The normalized spacial score (nSPS) is 25.4. The molecule has 0 unspecified atom stereocenters. The third kappa shape index (κ3) is 1.97. The highest BCUT2D eigenvalue weighted by atomic mass is 16.6. The molecule has 5 heteroatoms. The van der Waals surface area contributed by atoms with E-state index in [2.05, 4.69) is 24.3 Å². The fourth-order valence-corrected chi connectivity index (χ4v) is 4.89. The van der Waals surface area contributed by atoms with Crippen LogP contribution >= 0.6 is 0 Å². The number of carboxylic acid groups (broad SMARTS) is 1. The number of aliphatic carboxylic acids is 1. The number of carbonyl (C=O) groups is 2. The van der Waals surface area contributed by atoms with Crippen molar-refractivity contribution in [2.45, 2.75) is 24.3 Å². The Morgan fingerprint density at radius 2 is 1.62 bits per heavy atom. The highest BCUT2D eigenvalue weighted by molar-refractivity contribution is 5.87. The van der Waals surface area contributed by atoms with Crippen molar-refractivity contribution in [3.63, 3.8) is 0 Å². The number of benzene rings is 2. The van der Waals surface area contributed by atoms with Gasteiger partial charge in [0.15, 0.2) is 0 Å². The molecule has 1 N–H and O–H groups in total. The zero-order chi connectivity index (χ0) is 17.9. The molecule has 0 radical (unpaired) electrons. The Kier molecular flexibility index (Phi) is 3.17. The van der Waals surface area contributed by atoms with Gasteiger partial charge in [0.2, 0.25) is 0 Å². The molecule has 2 aliphatic carbocycles. The fourth-order valence-electron chi connectivity index (χ4n) is 4.89. The van der Waals surface area contributed by atoms with E-state index >= 15 is 0 Å². The Balaban J connectivity index is 1.38. The van der Waals surface area contributed by atoms with Crippen molar-refractivity contribution < 1.29 is 19.4 Å². The van der Waals surface area contributed by atoms with Gasteiger partial charge < -0.3 is 9.84 Å². The lowest BCUT2D eigenvalue weighted by atomic mass is 9.73. The van der Waals surface area contributed by atoms with Crippen LogP contribution in [0.5, 0.6) is 0 Å². The second-order valence-electron chi connectivity index (χ2n) is 7.53. The van der Waals surface area contributed by atoms with Gasteiger partial charge in [-0.25, -0.2) is 9.59 Å². The predicted octanol–water partition coefficient (Wildman–Crippen LogP) is 3.48. The molecule has 6 rings (SSSR count). The minimum Gasteiger partial charge on any atom is -0.479 e. The minimum absolute atomic E-state index is 0.00951. The van der Waals surface area contributed by atoms with E-state index in [4.69, 9.17) is 4.74 Å². The molecule has 2 aromatic rings. The molecule has 1 saturated carbocycles. The molecule has 2 bridgehead atoms. The number of fused-ring (bicyclic) bond motifs is 4.